The van der Waals surface area contributed by atoms with Crippen LogP contribution in [0.25, 0.3) is 0 Å². The Kier molecular flexibility index (Phi) is 6.78. The van der Waals surface area contributed by atoms with Crippen LogP contribution in [0.4, 0.5) is 0 Å². The first-order valence-electron chi connectivity index (χ1n) is 4.78. The van der Waals surface area contributed by atoms with Gasteiger partial charge >= 0.3 is 0 Å². The zero-order valence-corrected chi connectivity index (χ0v) is 10.00. The second-order valence-corrected chi connectivity index (χ2v) is 6.27. The predicted molar refractivity (Wildman–Crippen MR) is 58.1 cm³/mol. The molecule has 0 aromatic rings. The van der Waals surface area contributed by atoms with E-state index in [4.69, 9.17) is 11.6 Å². The molecule has 0 aromatic heterocycles. The third-order valence-electron chi connectivity index (χ3n) is 2.11. The summed E-state index contributed by atoms with van der Waals surface area (Å²) < 4.78 is 22.2. The van der Waals surface area contributed by atoms with Crippen molar-refractivity contribution in [2.45, 2.75) is 33.1 Å². The second-order valence-electron chi connectivity index (χ2n) is 3.49. The Labute approximate surface area is 86.6 Å². The number of rotatable bonds is 7. The molecule has 0 saturated carbocycles. The van der Waals surface area contributed by atoms with Gasteiger partial charge in [-0.3, -0.25) is 0 Å². The molecule has 1 unspecified atom stereocenters. The van der Waals surface area contributed by atoms with Gasteiger partial charge in [0.2, 0.25) is 0 Å². The summed E-state index contributed by atoms with van der Waals surface area (Å²) >= 11 is 5.63. The molecular formula is C9H19ClO2S. The van der Waals surface area contributed by atoms with Gasteiger partial charge in [0.05, 0.1) is 5.75 Å². The molecule has 13 heavy (non-hydrogen) atoms. The van der Waals surface area contributed by atoms with Crippen molar-refractivity contribution in [2.75, 3.05) is 17.4 Å². The van der Waals surface area contributed by atoms with Crippen LogP contribution >= 0.6 is 11.6 Å². The molecule has 2 nitrogen and oxygen atoms in total. The molecular weight excluding hydrogens is 208 g/mol. The molecule has 0 fully saturated rings. The van der Waals surface area contributed by atoms with Gasteiger partial charge in [0.25, 0.3) is 0 Å². The van der Waals surface area contributed by atoms with Crippen LogP contribution < -0.4 is 0 Å². The van der Waals surface area contributed by atoms with Crippen molar-refractivity contribution < 1.29 is 8.42 Å². The highest BCUT2D eigenvalue weighted by atomic mass is 35.5. The van der Waals surface area contributed by atoms with E-state index in [1.54, 1.807) is 6.92 Å². The molecule has 0 radical (unpaired) electrons. The van der Waals surface area contributed by atoms with E-state index < -0.39 is 9.84 Å². The fourth-order valence-corrected chi connectivity index (χ4v) is 2.12. The van der Waals surface area contributed by atoms with Gasteiger partial charge in [-0.15, -0.1) is 11.6 Å². The molecule has 0 bridgehead atoms. The number of hydrogen-bond donors (Lipinski definition) is 0. The number of alkyl halides is 1. The second kappa shape index (κ2) is 6.66. The molecule has 0 N–H and O–H groups in total. The van der Waals surface area contributed by atoms with E-state index in [2.05, 4.69) is 6.92 Å². The summed E-state index contributed by atoms with van der Waals surface area (Å²) in [4.78, 5) is 0. The number of halogens is 1. The monoisotopic (exact) mass is 226 g/mol. The number of sulfone groups is 1. The molecule has 0 amide bonds. The minimum absolute atomic E-state index is 0.262. The fourth-order valence-electron chi connectivity index (χ4n) is 1.04. The van der Waals surface area contributed by atoms with Crippen molar-refractivity contribution in [2.24, 2.45) is 5.92 Å². The summed E-state index contributed by atoms with van der Waals surface area (Å²) in [6.45, 7) is 3.78. The lowest BCUT2D eigenvalue weighted by atomic mass is 10.1. The minimum atomic E-state index is -2.76. The van der Waals surface area contributed by atoms with Crippen LogP contribution in [0.2, 0.25) is 0 Å². The molecule has 0 aliphatic heterocycles. The molecule has 0 rings (SSSR count). The SMILES string of the molecule is CCS(=O)(=O)CCCCC(C)CCl. The molecule has 0 heterocycles. The summed E-state index contributed by atoms with van der Waals surface area (Å²) in [5, 5.41) is 0. The summed E-state index contributed by atoms with van der Waals surface area (Å²) in [6, 6.07) is 0. The van der Waals surface area contributed by atoms with Gasteiger partial charge < -0.3 is 0 Å². The summed E-state index contributed by atoms with van der Waals surface area (Å²) in [5.41, 5.74) is 0. The first-order chi connectivity index (χ1) is 6.02. The standard InChI is InChI=1S/C9H19ClO2S/c1-3-13(11,12)7-5-4-6-9(2)8-10/h9H,3-8H2,1-2H3. The largest absolute Gasteiger partial charge is 0.229 e. The van der Waals surface area contributed by atoms with Crippen LogP contribution in [0.3, 0.4) is 0 Å². The molecule has 0 aromatic carbocycles. The van der Waals surface area contributed by atoms with Crippen molar-refractivity contribution >= 4 is 21.4 Å². The molecule has 1 atom stereocenters. The quantitative estimate of drug-likeness (QED) is 0.494. The maximum Gasteiger partial charge on any atom is 0.150 e. The van der Waals surface area contributed by atoms with Crippen LogP contribution in [0.15, 0.2) is 0 Å². The van der Waals surface area contributed by atoms with Gasteiger partial charge in [0.15, 0.2) is 0 Å². The van der Waals surface area contributed by atoms with E-state index in [0.717, 1.165) is 19.3 Å². The van der Waals surface area contributed by atoms with E-state index >= 15 is 0 Å². The van der Waals surface area contributed by atoms with Gasteiger partial charge in [-0.05, 0) is 18.8 Å². The Morgan fingerprint density at radius 2 is 1.92 bits per heavy atom. The topological polar surface area (TPSA) is 34.1 Å². The molecule has 0 aliphatic rings. The molecule has 0 aliphatic carbocycles. The molecule has 0 saturated heterocycles. The average Bonchev–Trinajstić information content (AvgIpc) is 2.12. The lowest BCUT2D eigenvalue weighted by molar-refractivity contribution is 0.548. The normalized spacial score (nSPS) is 14.4. The van der Waals surface area contributed by atoms with Crippen LogP contribution in [-0.4, -0.2) is 25.8 Å². The highest BCUT2D eigenvalue weighted by Gasteiger charge is 2.07. The first-order valence-corrected chi connectivity index (χ1v) is 7.13. The van der Waals surface area contributed by atoms with E-state index in [1.807, 2.05) is 0 Å². The fraction of sp³-hybridized carbons (Fsp3) is 1.00. The van der Waals surface area contributed by atoms with Crippen molar-refractivity contribution in [3.8, 4) is 0 Å². The minimum Gasteiger partial charge on any atom is -0.229 e. The summed E-state index contributed by atoms with van der Waals surface area (Å²) in [7, 11) is -2.76. The Morgan fingerprint density at radius 3 is 2.38 bits per heavy atom. The molecule has 0 spiro atoms. The third-order valence-corrected chi connectivity index (χ3v) is 4.42. The van der Waals surface area contributed by atoms with Gasteiger partial charge in [-0.2, -0.15) is 0 Å². The molecule has 80 valence electrons. The van der Waals surface area contributed by atoms with Gasteiger partial charge in [-0.1, -0.05) is 20.3 Å². The molecule has 4 heteroatoms. The zero-order chi connectivity index (χ0) is 10.3. The van der Waals surface area contributed by atoms with E-state index in [9.17, 15) is 8.42 Å². The van der Waals surface area contributed by atoms with Crippen LogP contribution in [0.1, 0.15) is 33.1 Å². The van der Waals surface area contributed by atoms with Crippen LogP contribution in [-0.2, 0) is 9.84 Å². The van der Waals surface area contributed by atoms with Crippen LogP contribution in [0, 0.1) is 5.92 Å². The maximum atomic E-state index is 11.1. The lowest BCUT2D eigenvalue weighted by Gasteiger charge is -2.06. The van der Waals surface area contributed by atoms with E-state index in [-0.39, 0.29) is 5.75 Å². The number of unbranched alkanes of at least 4 members (excludes halogenated alkanes) is 1. The Bertz CT molecular complexity index is 212. The highest BCUT2D eigenvalue weighted by Crippen LogP contribution is 2.10. The summed E-state index contributed by atoms with van der Waals surface area (Å²) in [6.07, 6.45) is 2.77. The van der Waals surface area contributed by atoms with Gasteiger partial charge in [0, 0.05) is 11.6 Å². The zero-order valence-electron chi connectivity index (χ0n) is 8.42. The Hall–Kier alpha value is 0.240. The smallest absolute Gasteiger partial charge is 0.150 e. The predicted octanol–water partition coefficient (Wildman–Crippen LogP) is 2.47. The highest BCUT2D eigenvalue weighted by molar-refractivity contribution is 7.91. The lowest BCUT2D eigenvalue weighted by Crippen LogP contribution is -2.09. The van der Waals surface area contributed by atoms with Crippen molar-refractivity contribution in [3.05, 3.63) is 0 Å². The van der Waals surface area contributed by atoms with Gasteiger partial charge in [0.1, 0.15) is 9.84 Å². The van der Waals surface area contributed by atoms with Crippen molar-refractivity contribution in [1.82, 2.24) is 0 Å². The third kappa shape index (κ3) is 7.32. The van der Waals surface area contributed by atoms with E-state index in [0.29, 0.717) is 17.6 Å². The first kappa shape index (κ1) is 13.2. The van der Waals surface area contributed by atoms with Crippen molar-refractivity contribution in [3.63, 3.8) is 0 Å². The van der Waals surface area contributed by atoms with Crippen molar-refractivity contribution in [1.29, 1.82) is 0 Å². The maximum absolute atomic E-state index is 11.1. The van der Waals surface area contributed by atoms with Crippen LogP contribution in [0.5, 0.6) is 0 Å². The summed E-state index contributed by atoms with van der Waals surface area (Å²) in [5.74, 6) is 1.77. The Morgan fingerprint density at radius 1 is 1.31 bits per heavy atom. The average molecular weight is 227 g/mol. The van der Waals surface area contributed by atoms with E-state index in [1.165, 1.54) is 0 Å². The number of hydrogen-bond acceptors (Lipinski definition) is 2. The Balaban J connectivity index is 3.47. The van der Waals surface area contributed by atoms with Gasteiger partial charge in [-0.25, -0.2) is 8.42 Å².